The van der Waals surface area contributed by atoms with E-state index in [2.05, 4.69) is 15.3 Å². The van der Waals surface area contributed by atoms with Crippen LogP contribution >= 0.6 is 0 Å². The molecule has 1 aromatic carbocycles. The summed E-state index contributed by atoms with van der Waals surface area (Å²) >= 11 is 0. The molecule has 6 nitrogen and oxygen atoms in total. The van der Waals surface area contributed by atoms with Gasteiger partial charge >= 0.3 is 0 Å². The monoisotopic (exact) mass is 340 g/mol. The number of methoxy groups -OCH3 is 1. The Labute approximate surface area is 148 Å². The molecule has 0 bridgehead atoms. The number of carbonyl (C=O) groups is 1. The van der Waals surface area contributed by atoms with Crippen LogP contribution in [0.2, 0.25) is 0 Å². The fraction of sp³-hybridized carbons (Fsp3) is 0.421. The molecule has 0 aliphatic carbocycles. The third-order valence-electron chi connectivity index (χ3n) is 4.55. The number of ether oxygens (including phenoxy) is 1. The second kappa shape index (κ2) is 8.58. The first-order valence-electron chi connectivity index (χ1n) is 8.68. The van der Waals surface area contributed by atoms with Gasteiger partial charge in [0, 0.05) is 30.5 Å². The minimum absolute atomic E-state index is 0.00629. The van der Waals surface area contributed by atoms with Crippen molar-refractivity contribution in [2.75, 3.05) is 20.2 Å². The number of nitrogens with one attached hydrogen (secondary N) is 1. The first kappa shape index (κ1) is 17.4. The number of carbonyl (C=O) groups excluding carboxylic acids is 1. The predicted molar refractivity (Wildman–Crippen MR) is 95.4 cm³/mol. The van der Waals surface area contributed by atoms with Crippen LogP contribution in [0.1, 0.15) is 35.2 Å². The van der Waals surface area contributed by atoms with Gasteiger partial charge in [-0.2, -0.15) is 0 Å². The summed E-state index contributed by atoms with van der Waals surface area (Å²) in [4.78, 5) is 23.4. The summed E-state index contributed by atoms with van der Waals surface area (Å²) in [6.07, 6.45) is 8.03. The van der Waals surface area contributed by atoms with Crippen LogP contribution in [0.4, 0.5) is 0 Å². The fourth-order valence-corrected chi connectivity index (χ4v) is 3.26. The number of amides is 1. The van der Waals surface area contributed by atoms with Gasteiger partial charge in [-0.3, -0.25) is 4.79 Å². The fourth-order valence-electron chi connectivity index (χ4n) is 3.26. The molecule has 1 aliphatic rings. The van der Waals surface area contributed by atoms with Crippen LogP contribution in [0.15, 0.2) is 43.0 Å². The van der Waals surface area contributed by atoms with Crippen LogP contribution in [0.25, 0.3) is 0 Å². The third-order valence-corrected chi connectivity index (χ3v) is 4.55. The molecule has 1 aliphatic heterocycles. The molecular weight excluding hydrogens is 316 g/mol. The van der Waals surface area contributed by atoms with Crippen molar-refractivity contribution in [1.82, 2.24) is 20.2 Å². The molecule has 1 amide bonds. The Balaban J connectivity index is 1.90. The Kier molecular flexibility index (Phi) is 5.95. The van der Waals surface area contributed by atoms with Gasteiger partial charge in [0.2, 0.25) is 0 Å². The highest BCUT2D eigenvalue weighted by atomic mass is 16.5. The summed E-state index contributed by atoms with van der Waals surface area (Å²) < 4.78 is 5.39. The van der Waals surface area contributed by atoms with E-state index in [4.69, 9.17) is 4.74 Å². The lowest BCUT2D eigenvalue weighted by Gasteiger charge is -2.31. The number of benzene rings is 1. The molecule has 1 saturated heterocycles. The molecule has 25 heavy (non-hydrogen) atoms. The highest BCUT2D eigenvalue weighted by Gasteiger charge is 2.27. The van der Waals surface area contributed by atoms with Crippen LogP contribution in [0.5, 0.6) is 5.75 Å². The maximum atomic E-state index is 13.3. The molecule has 6 heteroatoms. The van der Waals surface area contributed by atoms with Gasteiger partial charge in [0.15, 0.2) is 0 Å². The Morgan fingerprint density at radius 3 is 2.84 bits per heavy atom. The highest BCUT2D eigenvalue weighted by Crippen LogP contribution is 2.24. The van der Waals surface area contributed by atoms with Gasteiger partial charge in [0.1, 0.15) is 12.1 Å². The molecule has 1 atom stereocenters. The minimum atomic E-state index is -0.00629. The van der Waals surface area contributed by atoms with Gasteiger partial charge < -0.3 is 15.0 Å². The highest BCUT2D eigenvalue weighted by molar-refractivity contribution is 5.97. The van der Waals surface area contributed by atoms with E-state index in [0.29, 0.717) is 17.9 Å². The smallest absolute Gasteiger partial charge is 0.258 e. The van der Waals surface area contributed by atoms with Crippen LogP contribution in [-0.4, -0.2) is 47.0 Å². The zero-order chi connectivity index (χ0) is 17.5. The molecule has 1 N–H and O–H groups in total. The lowest BCUT2D eigenvalue weighted by atomic mass is 10.0. The van der Waals surface area contributed by atoms with E-state index in [9.17, 15) is 4.79 Å². The topological polar surface area (TPSA) is 67.3 Å². The number of nitrogens with zero attached hydrogens (tertiary/aromatic N) is 3. The SMILES string of the molecule is COc1ccccc1C(=O)N(Cc1cncnc1)[C@@H]1CCCNCC1. The standard InChI is InChI=1S/C19H24N4O2/c1-25-18-7-3-2-6-17(18)19(24)23(13-15-11-21-14-22-12-15)16-5-4-9-20-10-8-16/h2-3,6-7,11-12,14,16,20H,4-5,8-10,13H2,1H3/t16-/m1/s1. The Morgan fingerprint density at radius 1 is 1.24 bits per heavy atom. The van der Waals surface area contributed by atoms with Gasteiger partial charge in [0.25, 0.3) is 5.91 Å². The zero-order valence-electron chi connectivity index (χ0n) is 14.5. The van der Waals surface area contributed by atoms with Crippen molar-refractivity contribution in [3.63, 3.8) is 0 Å². The molecular formula is C19H24N4O2. The van der Waals surface area contributed by atoms with Crippen molar-refractivity contribution in [1.29, 1.82) is 0 Å². The normalized spacial score (nSPS) is 17.6. The van der Waals surface area contributed by atoms with Crippen molar-refractivity contribution >= 4 is 5.91 Å². The first-order chi connectivity index (χ1) is 12.3. The Hall–Kier alpha value is -2.47. The van der Waals surface area contributed by atoms with Gasteiger partial charge in [-0.1, -0.05) is 12.1 Å². The first-order valence-corrected chi connectivity index (χ1v) is 8.68. The van der Waals surface area contributed by atoms with Crippen molar-refractivity contribution in [3.05, 3.63) is 54.1 Å². The van der Waals surface area contributed by atoms with E-state index in [0.717, 1.165) is 37.9 Å². The second-order valence-electron chi connectivity index (χ2n) is 6.21. The lowest BCUT2D eigenvalue weighted by Crippen LogP contribution is -2.40. The van der Waals surface area contributed by atoms with Crippen LogP contribution in [-0.2, 0) is 6.54 Å². The van der Waals surface area contributed by atoms with Crippen molar-refractivity contribution in [2.24, 2.45) is 0 Å². The minimum Gasteiger partial charge on any atom is -0.496 e. The van der Waals surface area contributed by atoms with Crippen LogP contribution < -0.4 is 10.1 Å². The molecule has 0 radical (unpaired) electrons. The zero-order valence-corrected chi connectivity index (χ0v) is 14.5. The van der Waals surface area contributed by atoms with E-state index < -0.39 is 0 Å². The lowest BCUT2D eigenvalue weighted by molar-refractivity contribution is 0.0641. The quantitative estimate of drug-likeness (QED) is 0.904. The van der Waals surface area contributed by atoms with Crippen LogP contribution in [0.3, 0.4) is 0 Å². The summed E-state index contributed by atoms with van der Waals surface area (Å²) in [6.45, 7) is 2.43. The van der Waals surface area contributed by atoms with Crippen molar-refractivity contribution in [2.45, 2.75) is 31.8 Å². The summed E-state index contributed by atoms with van der Waals surface area (Å²) in [7, 11) is 1.59. The molecule has 3 rings (SSSR count). The van der Waals surface area contributed by atoms with E-state index in [-0.39, 0.29) is 11.9 Å². The van der Waals surface area contributed by atoms with Crippen LogP contribution in [0, 0.1) is 0 Å². The number of para-hydroxylation sites is 1. The Morgan fingerprint density at radius 2 is 2.04 bits per heavy atom. The largest absolute Gasteiger partial charge is 0.496 e. The van der Waals surface area contributed by atoms with E-state index in [1.165, 1.54) is 6.33 Å². The average molecular weight is 340 g/mol. The van der Waals surface area contributed by atoms with Crippen molar-refractivity contribution < 1.29 is 9.53 Å². The van der Waals surface area contributed by atoms with E-state index in [1.54, 1.807) is 19.5 Å². The number of hydrogen-bond acceptors (Lipinski definition) is 5. The Bertz CT molecular complexity index is 685. The van der Waals surface area contributed by atoms with Gasteiger partial charge in [-0.15, -0.1) is 0 Å². The summed E-state index contributed by atoms with van der Waals surface area (Å²) in [6, 6.07) is 7.58. The summed E-state index contributed by atoms with van der Waals surface area (Å²) in [5.41, 5.74) is 1.53. The van der Waals surface area contributed by atoms with Gasteiger partial charge in [0.05, 0.1) is 12.7 Å². The molecule has 1 fully saturated rings. The molecule has 0 saturated carbocycles. The molecule has 0 unspecified atom stereocenters. The number of hydrogen-bond donors (Lipinski definition) is 1. The molecule has 1 aromatic heterocycles. The predicted octanol–water partition coefficient (Wildman–Crippen LogP) is 2.27. The molecule has 2 aromatic rings. The maximum Gasteiger partial charge on any atom is 0.258 e. The van der Waals surface area contributed by atoms with Gasteiger partial charge in [-0.25, -0.2) is 9.97 Å². The van der Waals surface area contributed by atoms with Gasteiger partial charge in [-0.05, 0) is 44.5 Å². The summed E-state index contributed by atoms with van der Waals surface area (Å²) in [5.74, 6) is 0.599. The molecule has 132 valence electrons. The van der Waals surface area contributed by atoms with E-state index in [1.807, 2.05) is 29.2 Å². The third kappa shape index (κ3) is 4.33. The summed E-state index contributed by atoms with van der Waals surface area (Å²) in [5, 5.41) is 3.41. The molecule has 0 spiro atoms. The average Bonchev–Trinajstić information content (AvgIpc) is 2.95. The molecule has 2 heterocycles. The number of aromatic nitrogens is 2. The number of rotatable bonds is 5. The second-order valence-corrected chi connectivity index (χ2v) is 6.21. The van der Waals surface area contributed by atoms with Crippen molar-refractivity contribution in [3.8, 4) is 5.75 Å². The van der Waals surface area contributed by atoms with E-state index >= 15 is 0 Å². The maximum absolute atomic E-state index is 13.3.